The van der Waals surface area contributed by atoms with E-state index in [9.17, 15) is 8.78 Å². The van der Waals surface area contributed by atoms with E-state index in [0.717, 1.165) is 9.21 Å². The molecule has 1 N–H and O–H groups in total. The molecule has 5 heteroatoms. The summed E-state index contributed by atoms with van der Waals surface area (Å²) in [7, 11) is 0. The average Bonchev–Trinajstić information content (AvgIpc) is 2.81. The lowest BCUT2D eigenvalue weighted by molar-refractivity contribution is 0.00500. The second-order valence-electron chi connectivity index (χ2n) is 4.74. The Morgan fingerprint density at radius 3 is 2.88 bits per heavy atom. The molecule has 2 atom stereocenters. The monoisotopic (exact) mass is 279 g/mol. The maximum atomic E-state index is 13.0. The van der Waals surface area contributed by atoms with Gasteiger partial charge in [-0.1, -0.05) is 11.6 Å². The molecule has 1 aromatic heterocycles. The van der Waals surface area contributed by atoms with Gasteiger partial charge in [0.1, 0.15) is 0 Å². The highest BCUT2D eigenvalue weighted by molar-refractivity contribution is 7.16. The number of rotatable bonds is 4. The average molecular weight is 280 g/mol. The molecule has 1 aromatic rings. The highest BCUT2D eigenvalue weighted by atomic mass is 35.5. The van der Waals surface area contributed by atoms with Crippen molar-refractivity contribution in [2.45, 2.75) is 38.2 Å². The van der Waals surface area contributed by atoms with E-state index in [1.807, 2.05) is 19.1 Å². The smallest absolute Gasteiger partial charge is 0.248 e. The van der Waals surface area contributed by atoms with Gasteiger partial charge in [0.2, 0.25) is 5.92 Å². The van der Waals surface area contributed by atoms with E-state index in [1.165, 1.54) is 11.3 Å². The van der Waals surface area contributed by atoms with Crippen LogP contribution in [0.15, 0.2) is 12.1 Å². The molecule has 1 nitrogen and oxygen atoms in total. The summed E-state index contributed by atoms with van der Waals surface area (Å²) >= 11 is 7.39. The lowest BCUT2D eigenvalue weighted by Crippen LogP contribution is -2.25. The molecule has 0 aliphatic heterocycles. The Labute approximate surface area is 109 Å². The van der Waals surface area contributed by atoms with Crippen molar-refractivity contribution in [3.8, 4) is 0 Å². The van der Waals surface area contributed by atoms with Crippen molar-refractivity contribution in [3.63, 3.8) is 0 Å². The van der Waals surface area contributed by atoms with Crippen molar-refractivity contribution >= 4 is 22.9 Å². The molecule has 2 rings (SSSR count). The molecule has 2 unspecified atom stereocenters. The Bertz CT molecular complexity index is 380. The molecule has 0 bridgehead atoms. The zero-order chi connectivity index (χ0) is 12.5. The van der Waals surface area contributed by atoms with E-state index in [4.69, 9.17) is 11.6 Å². The standard InChI is InChI=1S/C12H16ClF2NS/c1-8(10-2-3-11(13)17-10)16-7-9-4-5-12(14,15)6-9/h2-3,8-9,16H,4-7H2,1H3. The van der Waals surface area contributed by atoms with E-state index < -0.39 is 5.92 Å². The van der Waals surface area contributed by atoms with Gasteiger partial charge in [-0.2, -0.15) is 0 Å². The van der Waals surface area contributed by atoms with Gasteiger partial charge in [0, 0.05) is 23.8 Å². The van der Waals surface area contributed by atoms with E-state index in [1.54, 1.807) is 0 Å². The second kappa shape index (κ2) is 5.21. The lowest BCUT2D eigenvalue weighted by atomic mass is 10.1. The van der Waals surface area contributed by atoms with Crippen molar-refractivity contribution in [2.75, 3.05) is 6.54 Å². The summed E-state index contributed by atoms with van der Waals surface area (Å²) in [4.78, 5) is 1.15. The maximum absolute atomic E-state index is 13.0. The van der Waals surface area contributed by atoms with Gasteiger partial charge < -0.3 is 5.32 Å². The van der Waals surface area contributed by atoms with Gasteiger partial charge in [-0.3, -0.25) is 0 Å². The van der Waals surface area contributed by atoms with Gasteiger partial charge in [0.15, 0.2) is 0 Å². The minimum atomic E-state index is -2.44. The summed E-state index contributed by atoms with van der Waals surface area (Å²) in [6.07, 6.45) is 0.689. The van der Waals surface area contributed by atoms with Gasteiger partial charge in [-0.15, -0.1) is 11.3 Å². The third-order valence-corrected chi connectivity index (χ3v) is 4.65. The quantitative estimate of drug-likeness (QED) is 0.856. The molecular weight excluding hydrogens is 264 g/mol. The SMILES string of the molecule is CC(NCC1CCC(F)(F)C1)c1ccc(Cl)s1. The van der Waals surface area contributed by atoms with Crippen LogP contribution >= 0.6 is 22.9 Å². The third kappa shape index (κ3) is 3.63. The van der Waals surface area contributed by atoms with Gasteiger partial charge in [-0.05, 0) is 37.9 Å². The van der Waals surface area contributed by atoms with Crippen LogP contribution in [0.2, 0.25) is 4.34 Å². The molecule has 0 aromatic carbocycles. The first-order chi connectivity index (χ1) is 7.96. The minimum absolute atomic E-state index is 0.0257. The Balaban J connectivity index is 1.79. The van der Waals surface area contributed by atoms with Crippen LogP contribution in [0.1, 0.15) is 37.1 Å². The van der Waals surface area contributed by atoms with Crippen molar-refractivity contribution in [3.05, 3.63) is 21.3 Å². The van der Waals surface area contributed by atoms with Crippen LogP contribution in [0.25, 0.3) is 0 Å². The van der Waals surface area contributed by atoms with Crippen LogP contribution in [-0.4, -0.2) is 12.5 Å². The van der Waals surface area contributed by atoms with Gasteiger partial charge in [0.25, 0.3) is 0 Å². The molecule has 1 saturated carbocycles. The van der Waals surface area contributed by atoms with Crippen LogP contribution < -0.4 is 5.32 Å². The zero-order valence-corrected chi connectivity index (χ0v) is 11.3. The van der Waals surface area contributed by atoms with Gasteiger partial charge >= 0.3 is 0 Å². The highest BCUT2D eigenvalue weighted by Gasteiger charge is 2.39. The molecule has 96 valence electrons. The molecule has 17 heavy (non-hydrogen) atoms. The van der Waals surface area contributed by atoms with Crippen LogP contribution in [-0.2, 0) is 0 Å². The van der Waals surface area contributed by atoms with Crippen molar-refractivity contribution in [1.82, 2.24) is 5.32 Å². The largest absolute Gasteiger partial charge is 0.309 e. The molecule has 0 radical (unpaired) electrons. The summed E-state index contributed by atoms with van der Waals surface area (Å²) in [5.41, 5.74) is 0. The minimum Gasteiger partial charge on any atom is -0.309 e. The second-order valence-corrected chi connectivity index (χ2v) is 6.48. The molecule has 0 saturated heterocycles. The molecule has 0 amide bonds. The number of hydrogen-bond donors (Lipinski definition) is 1. The summed E-state index contributed by atoms with van der Waals surface area (Å²) < 4.78 is 26.8. The summed E-state index contributed by atoms with van der Waals surface area (Å²) in [5, 5.41) is 3.31. The van der Waals surface area contributed by atoms with Crippen LogP contribution in [0.5, 0.6) is 0 Å². The van der Waals surface area contributed by atoms with Crippen LogP contribution in [0.4, 0.5) is 8.78 Å². The maximum Gasteiger partial charge on any atom is 0.248 e. The molecule has 1 aliphatic rings. The third-order valence-electron chi connectivity index (χ3n) is 3.24. The summed E-state index contributed by atoms with van der Waals surface area (Å²) in [6, 6.07) is 4.03. The van der Waals surface area contributed by atoms with E-state index in [2.05, 4.69) is 5.32 Å². The predicted molar refractivity (Wildman–Crippen MR) is 68.0 cm³/mol. The fourth-order valence-electron chi connectivity index (χ4n) is 2.22. The van der Waals surface area contributed by atoms with Gasteiger partial charge in [0.05, 0.1) is 4.34 Å². The summed E-state index contributed by atoms with van der Waals surface area (Å²) in [6.45, 7) is 2.70. The molecule has 1 heterocycles. The van der Waals surface area contributed by atoms with Crippen LogP contribution in [0.3, 0.4) is 0 Å². The van der Waals surface area contributed by atoms with Crippen LogP contribution in [0, 0.1) is 5.92 Å². The molecular formula is C12H16ClF2NS. The van der Waals surface area contributed by atoms with Crippen molar-refractivity contribution in [2.24, 2.45) is 5.92 Å². The lowest BCUT2D eigenvalue weighted by Gasteiger charge is -2.16. The number of nitrogens with one attached hydrogen (secondary N) is 1. The van der Waals surface area contributed by atoms with E-state index in [0.29, 0.717) is 13.0 Å². The van der Waals surface area contributed by atoms with E-state index in [-0.39, 0.29) is 24.8 Å². The number of alkyl halides is 2. The topological polar surface area (TPSA) is 12.0 Å². The normalized spacial score (nSPS) is 25.1. The Morgan fingerprint density at radius 1 is 1.59 bits per heavy atom. The van der Waals surface area contributed by atoms with Crippen molar-refractivity contribution < 1.29 is 8.78 Å². The first-order valence-electron chi connectivity index (χ1n) is 5.83. The molecule has 1 fully saturated rings. The zero-order valence-electron chi connectivity index (χ0n) is 9.68. The fraction of sp³-hybridized carbons (Fsp3) is 0.667. The first-order valence-corrected chi connectivity index (χ1v) is 7.02. The van der Waals surface area contributed by atoms with Gasteiger partial charge in [-0.25, -0.2) is 8.78 Å². The molecule has 0 spiro atoms. The Hall–Kier alpha value is -0.190. The number of hydrogen-bond acceptors (Lipinski definition) is 2. The van der Waals surface area contributed by atoms with Crippen molar-refractivity contribution in [1.29, 1.82) is 0 Å². The molecule has 1 aliphatic carbocycles. The number of halogens is 3. The summed E-state index contributed by atoms with van der Waals surface area (Å²) in [5.74, 6) is -2.34. The predicted octanol–water partition coefficient (Wildman–Crippen LogP) is 4.49. The Morgan fingerprint density at radius 2 is 2.35 bits per heavy atom. The van der Waals surface area contributed by atoms with E-state index >= 15 is 0 Å². The first kappa shape index (κ1) is 13.2. The highest BCUT2D eigenvalue weighted by Crippen LogP contribution is 2.38. The fourth-order valence-corrected chi connectivity index (χ4v) is 3.31. The Kier molecular flexibility index (Phi) is 4.06. The number of thiophene rings is 1.